The summed E-state index contributed by atoms with van der Waals surface area (Å²) in [7, 11) is -3.25. The number of sulfone groups is 1. The van der Waals surface area contributed by atoms with E-state index in [1.165, 1.54) is 24.3 Å². The molecule has 0 amide bonds. The van der Waals surface area contributed by atoms with Crippen molar-refractivity contribution in [3.63, 3.8) is 0 Å². The van der Waals surface area contributed by atoms with Crippen LogP contribution in [-0.4, -0.2) is 14.7 Å². The van der Waals surface area contributed by atoms with Gasteiger partial charge in [0, 0.05) is 17.5 Å². The molecule has 0 spiro atoms. The molecule has 0 atom stereocenters. The third kappa shape index (κ3) is 2.36. The Kier molecular flexibility index (Phi) is 3.09. The second kappa shape index (κ2) is 4.42. The van der Waals surface area contributed by atoms with Crippen molar-refractivity contribution in [1.29, 1.82) is 0 Å². The molecule has 18 heavy (non-hydrogen) atoms. The third-order valence-corrected chi connectivity index (χ3v) is 3.75. The number of halogens is 1. The van der Waals surface area contributed by atoms with E-state index in [1.54, 1.807) is 18.2 Å². The third-order valence-electron chi connectivity index (χ3n) is 2.62. The molecule has 0 fully saturated rings. The predicted octanol–water partition coefficient (Wildman–Crippen LogP) is 2.48. The first-order valence-corrected chi connectivity index (χ1v) is 7.13. The van der Waals surface area contributed by atoms with E-state index in [4.69, 9.17) is 5.73 Å². The number of anilines is 1. The summed E-state index contributed by atoms with van der Waals surface area (Å²) in [4.78, 5) is 0.196. The molecule has 2 aromatic carbocycles. The first-order valence-electron chi connectivity index (χ1n) is 5.24. The smallest absolute Gasteiger partial charge is 0.175 e. The summed E-state index contributed by atoms with van der Waals surface area (Å²) in [5.41, 5.74) is 6.88. The molecule has 0 bridgehead atoms. The lowest BCUT2D eigenvalue weighted by Crippen LogP contribution is -1.97. The maximum Gasteiger partial charge on any atom is 0.175 e. The Morgan fingerprint density at radius 3 is 2.17 bits per heavy atom. The van der Waals surface area contributed by atoms with Crippen LogP contribution in [0.15, 0.2) is 47.4 Å². The molecule has 2 rings (SSSR count). The van der Waals surface area contributed by atoms with Crippen LogP contribution in [0.1, 0.15) is 0 Å². The molecule has 5 heteroatoms. The Hall–Kier alpha value is -1.88. The zero-order valence-electron chi connectivity index (χ0n) is 9.72. The van der Waals surface area contributed by atoms with Crippen molar-refractivity contribution in [2.75, 3.05) is 12.0 Å². The summed E-state index contributed by atoms with van der Waals surface area (Å²) in [5.74, 6) is -0.429. The van der Waals surface area contributed by atoms with Gasteiger partial charge in [0.1, 0.15) is 5.82 Å². The summed E-state index contributed by atoms with van der Waals surface area (Å²) < 4.78 is 36.3. The number of benzene rings is 2. The molecule has 94 valence electrons. The fraction of sp³-hybridized carbons (Fsp3) is 0.0769. The lowest BCUT2D eigenvalue weighted by Gasteiger charge is -2.07. The van der Waals surface area contributed by atoms with E-state index >= 15 is 0 Å². The summed E-state index contributed by atoms with van der Waals surface area (Å²) in [6.07, 6.45) is 1.12. The maximum absolute atomic E-state index is 13.7. The van der Waals surface area contributed by atoms with Crippen molar-refractivity contribution in [3.8, 4) is 11.1 Å². The summed E-state index contributed by atoms with van der Waals surface area (Å²) in [6.45, 7) is 0. The average molecular weight is 265 g/mol. The minimum atomic E-state index is -3.25. The van der Waals surface area contributed by atoms with Gasteiger partial charge in [0.15, 0.2) is 9.84 Å². The highest BCUT2D eigenvalue weighted by Gasteiger charge is 2.11. The van der Waals surface area contributed by atoms with E-state index in [0.29, 0.717) is 11.3 Å². The Balaban J connectivity index is 2.54. The normalized spacial score (nSPS) is 11.4. The Morgan fingerprint density at radius 2 is 1.67 bits per heavy atom. The van der Waals surface area contributed by atoms with E-state index in [0.717, 1.165) is 6.26 Å². The molecule has 0 aliphatic carbocycles. The second-order valence-corrected chi connectivity index (χ2v) is 6.02. The average Bonchev–Trinajstić information content (AvgIpc) is 2.28. The fourth-order valence-corrected chi connectivity index (χ4v) is 2.34. The molecular formula is C13H12FNO2S. The number of rotatable bonds is 2. The van der Waals surface area contributed by atoms with Gasteiger partial charge in [-0.1, -0.05) is 18.2 Å². The van der Waals surface area contributed by atoms with Crippen LogP contribution >= 0.6 is 0 Å². The molecular weight excluding hydrogens is 253 g/mol. The minimum absolute atomic E-state index is 0.196. The Labute approximate surface area is 105 Å². The van der Waals surface area contributed by atoms with E-state index in [9.17, 15) is 12.8 Å². The van der Waals surface area contributed by atoms with Crippen molar-refractivity contribution in [2.24, 2.45) is 0 Å². The van der Waals surface area contributed by atoms with Gasteiger partial charge in [0.2, 0.25) is 0 Å². The van der Waals surface area contributed by atoms with E-state index in [-0.39, 0.29) is 10.5 Å². The van der Waals surface area contributed by atoms with Gasteiger partial charge in [-0.25, -0.2) is 12.8 Å². The van der Waals surface area contributed by atoms with Crippen LogP contribution in [0, 0.1) is 5.82 Å². The molecule has 0 saturated carbocycles. The van der Waals surface area contributed by atoms with Gasteiger partial charge in [-0.15, -0.1) is 0 Å². The molecule has 0 saturated heterocycles. The van der Waals surface area contributed by atoms with Gasteiger partial charge in [-0.05, 0) is 29.8 Å². The highest BCUT2D eigenvalue weighted by atomic mass is 32.2. The SMILES string of the molecule is CS(=O)(=O)c1ccc(-c2c(N)cccc2F)cc1. The molecule has 0 aliphatic heterocycles. The first-order chi connectivity index (χ1) is 8.39. The van der Waals surface area contributed by atoms with Crippen LogP contribution in [0.2, 0.25) is 0 Å². The highest BCUT2D eigenvalue weighted by molar-refractivity contribution is 7.90. The standard InChI is InChI=1S/C13H12FNO2S/c1-18(16,17)10-7-5-9(6-8-10)13-11(14)3-2-4-12(13)15/h2-8H,15H2,1H3. The molecule has 0 heterocycles. The van der Waals surface area contributed by atoms with Gasteiger partial charge in [-0.2, -0.15) is 0 Å². The molecule has 2 aromatic rings. The topological polar surface area (TPSA) is 60.2 Å². The highest BCUT2D eigenvalue weighted by Crippen LogP contribution is 2.29. The summed E-state index contributed by atoms with van der Waals surface area (Å²) >= 11 is 0. The fourth-order valence-electron chi connectivity index (χ4n) is 1.71. The molecule has 0 aliphatic rings. The van der Waals surface area contributed by atoms with Crippen LogP contribution in [0.5, 0.6) is 0 Å². The van der Waals surface area contributed by atoms with Gasteiger partial charge >= 0.3 is 0 Å². The number of nitrogens with two attached hydrogens (primary N) is 1. The van der Waals surface area contributed by atoms with E-state index in [1.807, 2.05) is 0 Å². The molecule has 0 radical (unpaired) electrons. The summed E-state index contributed by atoms with van der Waals surface area (Å²) in [5, 5.41) is 0. The number of hydrogen-bond acceptors (Lipinski definition) is 3. The molecule has 0 unspecified atom stereocenters. The second-order valence-electron chi connectivity index (χ2n) is 4.00. The lowest BCUT2D eigenvalue weighted by molar-refractivity contribution is 0.602. The first kappa shape index (κ1) is 12.6. The predicted molar refractivity (Wildman–Crippen MR) is 69.4 cm³/mol. The maximum atomic E-state index is 13.7. The van der Waals surface area contributed by atoms with Crippen molar-refractivity contribution in [3.05, 3.63) is 48.3 Å². The minimum Gasteiger partial charge on any atom is -0.398 e. The van der Waals surface area contributed by atoms with Crippen molar-refractivity contribution in [2.45, 2.75) is 4.90 Å². The van der Waals surface area contributed by atoms with Crippen LogP contribution in [0.4, 0.5) is 10.1 Å². The zero-order valence-corrected chi connectivity index (χ0v) is 10.5. The van der Waals surface area contributed by atoms with E-state index < -0.39 is 15.7 Å². The van der Waals surface area contributed by atoms with Crippen molar-refractivity contribution >= 4 is 15.5 Å². The van der Waals surface area contributed by atoms with Crippen molar-refractivity contribution < 1.29 is 12.8 Å². The van der Waals surface area contributed by atoms with Crippen LogP contribution in [0.3, 0.4) is 0 Å². The number of nitrogen functional groups attached to an aromatic ring is 1. The Bertz CT molecular complexity index is 658. The van der Waals surface area contributed by atoms with Gasteiger partial charge in [0.05, 0.1) is 4.90 Å². The van der Waals surface area contributed by atoms with Gasteiger partial charge in [-0.3, -0.25) is 0 Å². The summed E-state index contributed by atoms with van der Waals surface area (Å²) in [6, 6.07) is 10.4. The molecule has 2 N–H and O–H groups in total. The molecule has 3 nitrogen and oxygen atoms in total. The monoisotopic (exact) mass is 265 g/mol. The van der Waals surface area contributed by atoms with Crippen LogP contribution < -0.4 is 5.73 Å². The van der Waals surface area contributed by atoms with Crippen molar-refractivity contribution in [1.82, 2.24) is 0 Å². The quantitative estimate of drug-likeness (QED) is 0.849. The van der Waals surface area contributed by atoms with E-state index in [2.05, 4.69) is 0 Å². The van der Waals surface area contributed by atoms with Gasteiger partial charge in [0.25, 0.3) is 0 Å². The zero-order chi connectivity index (χ0) is 13.3. The number of hydrogen-bond donors (Lipinski definition) is 1. The van der Waals surface area contributed by atoms with Gasteiger partial charge < -0.3 is 5.73 Å². The molecule has 0 aromatic heterocycles. The largest absolute Gasteiger partial charge is 0.398 e. The van der Waals surface area contributed by atoms with Crippen LogP contribution in [-0.2, 0) is 9.84 Å². The lowest BCUT2D eigenvalue weighted by atomic mass is 10.0. The van der Waals surface area contributed by atoms with Crippen LogP contribution in [0.25, 0.3) is 11.1 Å². The Morgan fingerprint density at radius 1 is 1.06 bits per heavy atom.